The summed E-state index contributed by atoms with van der Waals surface area (Å²) in [7, 11) is 2.94. The molecule has 0 aliphatic heterocycles. The van der Waals surface area contributed by atoms with Crippen LogP contribution in [0.2, 0.25) is 0 Å². The topological polar surface area (TPSA) is 61.5 Å². The van der Waals surface area contributed by atoms with E-state index in [0.29, 0.717) is 5.75 Å². The third kappa shape index (κ3) is 2.58. The monoisotopic (exact) mass is 237 g/mol. The van der Waals surface area contributed by atoms with Crippen LogP contribution < -0.4 is 10.5 Å². The molecule has 94 valence electrons. The maximum atomic E-state index is 11.7. The van der Waals surface area contributed by atoms with E-state index in [1.54, 1.807) is 21.0 Å². The molecule has 0 spiro atoms. The van der Waals surface area contributed by atoms with E-state index in [9.17, 15) is 4.79 Å². The summed E-state index contributed by atoms with van der Waals surface area (Å²) in [6.45, 7) is 3.52. The number of methoxy groups -OCH3 is 2. The summed E-state index contributed by atoms with van der Waals surface area (Å²) in [6.07, 6.45) is 0. The molecular formula is C13H19NO3. The Morgan fingerprint density at radius 2 is 1.88 bits per heavy atom. The lowest BCUT2D eigenvalue weighted by Crippen LogP contribution is -2.37. The smallest absolute Gasteiger partial charge is 0.313 e. The van der Waals surface area contributed by atoms with E-state index >= 15 is 0 Å². The van der Waals surface area contributed by atoms with Gasteiger partial charge >= 0.3 is 5.97 Å². The number of esters is 1. The van der Waals surface area contributed by atoms with Gasteiger partial charge in [0.2, 0.25) is 0 Å². The van der Waals surface area contributed by atoms with Crippen molar-refractivity contribution >= 4 is 5.97 Å². The third-order valence-corrected chi connectivity index (χ3v) is 2.96. The Kier molecular flexibility index (Phi) is 4.12. The molecule has 17 heavy (non-hydrogen) atoms. The highest BCUT2D eigenvalue weighted by Gasteiger charge is 2.37. The maximum absolute atomic E-state index is 11.7. The fraction of sp³-hybridized carbons (Fsp3) is 0.462. The molecule has 0 radical (unpaired) electrons. The first-order chi connectivity index (χ1) is 7.95. The van der Waals surface area contributed by atoms with Gasteiger partial charge in [0.25, 0.3) is 0 Å². The molecule has 0 unspecified atom stereocenters. The molecule has 1 aromatic carbocycles. The van der Waals surface area contributed by atoms with Gasteiger partial charge < -0.3 is 15.2 Å². The van der Waals surface area contributed by atoms with Crippen LogP contribution in [0.15, 0.2) is 24.3 Å². The standard InChI is InChI=1S/C13H19NO3/c1-13(2,12(15)17-4)11(14)9-7-5-6-8-10(9)16-3/h5-8,11H,14H2,1-4H3/t11-/m1/s1. The highest BCUT2D eigenvalue weighted by Crippen LogP contribution is 2.36. The molecule has 0 saturated carbocycles. The largest absolute Gasteiger partial charge is 0.496 e. The normalized spacial score (nSPS) is 13.0. The summed E-state index contributed by atoms with van der Waals surface area (Å²) in [5.41, 5.74) is 6.14. The Bertz CT molecular complexity index is 401. The van der Waals surface area contributed by atoms with Crippen LogP contribution in [0, 0.1) is 5.41 Å². The van der Waals surface area contributed by atoms with Crippen LogP contribution in [0.25, 0.3) is 0 Å². The molecular weight excluding hydrogens is 218 g/mol. The van der Waals surface area contributed by atoms with E-state index in [-0.39, 0.29) is 5.97 Å². The molecule has 4 nitrogen and oxygen atoms in total. The fourth-order valence-electron chi connectivity index (χ4n) is 1.70. The van der Waals surface area contributed by atoms with Crippen LogP contribution in [0.4, 0.5) is 0 Å². The number of carbonyl (C=O) groups is 1. The first kappa shape index (κ1) is 13.5. The molecule has 4 heteroatoms. The van der Waals surface area contributed by atoms with E-state index in [1.807, 2.05) is 24.3 Å². The molecule has 0 aliphatic rings. The molecule has 1 atom stereocenters. The van der Waals surface area contributed by atoms with Gasteiger partial charge in [-0.15, -0.1) is 0 Å². The van der Waals surface area contributed by atoms with E-state index in [1.165, 1.54) is 7.11 Å². The zero-order valence-electron chi connectivity index (χ0n) is 10.7. The number of benzene rings is 1. The number of hydrogen-bond donors (Lipinski definition) is 1. The molecule has 1 aromatic rings. The molecule has 0 bridgehead atoms. The maximum Gasteiger partial charge on any atom is 0.313 e. The lowest BCUT2D eigenvalue weighted by atomic mass is 9.81. The van der Waals surface area contributed by atoms with Gasteiger partial charge in [-0.1, -0.05) is 18.2 Å². The van der Waals surface area contributed by atoms with Crippen molar-refractivity contribution < 1.29 is 14.3 Å². The first-order valence-corrected chi connectivity index (χ1v) is 5.42. The van der Waals surface area contributed by atoms with Crippen molar-refractivity contribution in [3.8, 4) is 5.75 Å². The SMILES string of the molecule is COC(=O)C(C)(C)[C@H](N)c1ccccc1OC. The third-order valence-electron chi connectivity index (χ3n) is 2.96. The molecule has 1 rings (SSSR count). The van der Waals surface area contributed by atoms with Gasteiger partial charge in [-0.3, -0.25) is 4.79 Å². The highest BCUT2D eigenvalue weighted by molar-refractivity contribution is 5.77. The number of para-hydroxylation sites is 1. The van der Waals surface area contributed by atoms with E-state index < -0.39 is 11.5 Å². The zero-order chi connectivity index (χ0) is 13.1. The van der Waals surface area contributed by atoms with Gasteiger partial charge in [0, 0.05) is 11.6 Å². The molecule has 0 amide bonds. The van der Waals surface area contributed by atoms with E-state index in [0.717, 1.165) is 5.56 Å². The average Bonchev–Trinajstić information content (AvgIpc) is 2.36. The number of rotatable bonds is 4. The zero-order valence-corrected chi connectivity index (χ0v) is 10.7. The van der Waals surface area contributed by atoms with Crippen LogP contribution in [0.5, 0.6) is 5.75 Å². The average molecular weight is 237 g/mol. The predicted molar refractivity (Wildman–Crippen MR) is 65.7 cm³/mol. The first-order valence-electron chi connectivity index (χ1n) is 5.42. The summed E-state index contributed by atoms with van der Waals surface area (Å²) >= 11 is 0. The minimum atomic E-state index is -0.802. The minimum absolute atomic E-state index is 0.337. The second-order valence-corrected chi connectivity index (χ2v) is 4.43. The van der Waals surface area contributed by atoms with Crippen LogP contribution in [-0.2, 0) is 9.53 Å². The quantitative estimate of drug-likeness (QED) is 0.812. The lowest BCUT2D eigenvalue weighted by Gasteiger charge is -2.29. The Hall–Kier alpha value is -1.55. The summed E-state index contributed by atoms with van der Waals surface area (Å²) in [5.74, 6) is 0.341. The Morgan fingerprint density at radius 3 is 2.41 bits per heavy atom. The van der Waals surface area contributed by atoms with Gasteiger partial charge in [0.05, 0.1) is 19.6 Å². The molecule has 2 N–H and O–H groups in total. The Morgan fingerprint density at radius 1 is 1.29 bits per heavy atom. The predicted octanol–water partition coefficient (Wildman–Crippen LogP) is 1.89. The minimum Gasteiger partial charge on any atom is -0.496 e. The second kappa shape index (κ2) is 5.19. The van der Waals surface area contributed by atoms with Gasteiger partial charge in [-0.05, 0) is 19.9 Å². The van der Waals surface area contributed by atoms with Crippen LogP contribution >= 0.6 is 0 Å². The van der Waals surface area contributed by atoms with Crippen molar-refractivity contribution in [3.63, 3.8) is 0 Å². The summed E-state index contributed by atoms with van der Waals surface area (Å²) in [6, 6.07) is 6.92. The summed E-state index contributed by atoms with van der Waals surface area (Å²) < 4.78 is 10.0. The molecule has 0 fully saturated rings. The lowest BCUT2D eigenvalue weighted by molar-refractivity contribution is -0.152. The number of carbonyl (C=O) groups excluding carboxylic acids is 1. The molecule has 0 aromatic heterocycles. The second-order valence-electron chi connectivity index (χ2n) is 4.43. The number of nitrogens with two attached hydrogens (primary N) is 1. The van der Waals surface area contributed by atoms with Crippen molar-refractivity contribution in [3.05, 3.63) is 29.8 Å². The summed E-state index contributed by atoms with van der Waals surface area (Å²) in [5, 5.41) is 0. The van der Waals surface area contributed by atoms with Gasteiger partial charge in [-0.25, -0.2) is 0 Å². The van der Waals surface area contributed by atoms with Crippen molar-refractivity contribution in [2.24, 2.45) is 11.1 Å². The highest BCUT2D eigenvalue weighted by atomic mass is 16.5. The van der Waals surface area contributed by atoms with Crippen molar-refractivity contribution in [1.29, 1.82) is 0 Å². The van der Waals surface area contributed by atoms with E-state index in [2.05, 4.69) is 0 Å². The number of ether oxygens (including phenoxy) is 2. The van der Waals surface area contributed by atoms with E-state index in [4.69, 9.17) is 15.2 Å². The number of hydrogen-bond acceptors (Lipinski definition) is 4. The Labute approximate surface area is 102 Å². The summed E-state index contributed by atoms with van der Waals surface area (Å²) in [4.78, 5) is 11.7. The fourth-order valence-corrected chi connectivity index (χ4v) is 1.70. The van der Waals surface area contributed by atoms with Crippen LogP contribution in [0.3, 0.4) is 0 Å². The van der Waals surface area contributed by atoms with Gasteiger partial charge in [0.15, 0.2) is 0 Å². The Balaban J connectivity index is 3.11. The molecule has 0 heterocycles. The molecule has 0 aliphatic carbocycles. The van der Waals surface area contributed by atoms with Gasteiger partial charge in [0.1, 0.15) is 5.75 Å². The van der Waals surface area contributed by atoms with Crippen LogP contribution in [-0.4, -0.2) is 20.2 Å². The van der Waals surface area contributed by atoms with Gasteiger partial charge in [-0.2, -0.15) is 0 Å². The van der Waals surface area contributed by atoms with Crippen LogP contribution in [0.1, 0.15) is 25.5 Å². The molecule has 0 saturated heterocycles. The van der Waals surface area contributed by atoms with Crippen molar-refractivity contribution in [1.82, 2.24) is 0 Å². The van der Waals surface area contributed by atoms with Crippen molar-refractivity contribution in [2.75, 3.05) is 14.2 Å². The van der Waals surface area contributed by atoms with Crippen molar-refractivity contribution in [2.45, 2.75) is 19.9 Å².